The highest BCUT2D eigenvalue weighted by Gasteiger charge is 2.47. The highest BCUT2D eigenvalue weighted by Crippen LogP contribution is 2.26. The van der Waals surface area contributed by atoms with Gasteiger partial charge in [0.1, 0.15) is 24.4 Å². The van der Waals surface area contributed by atoms with Crippen molar-refractivity contribution in [2.24, 2.45) is 0 Å². The van der Waals surface area contributed by atoms with Gasteiger partial charge in [0, 0.05) is 6.42 Å². The van der Waals surface area contributed by atoms with E-state index in [1.807, 2.05) is 18.2 Å². The zero-order valence-corrected chi connectivity index (χ0v) is 47.1. The predicted octanol–water partition coefficient (Wildman–Crippen LogP) is 13.7. The average molecular weight is 1050 g/mol. The largest absolute Gasteiger partial charge is 0.454 e. The Morgan fingerprint density at radius 1 is 0.547 bits per heavy atom. The molecule has 1 heterocycles. The Morgan fingerprint density at radius 2 is 1.00 bits per heavy atom. The summed E-state index contributed by atoms with van der Waals surface area (Å²) < 4.78 is 17.5. The number of ether oxygens (including phenoxy) is 3. The van der Waals surface area contributed by atoms with Crippen LogP contribution in [-0.2, 0) is 23.8 Å². The number of aliphatic hydroxyl groups is 5. The molecule has 8 atom stereocenters. The first-order valence-electron chi connectivity index (χ1n) is 29.7. The summed E-state index contributed by atoms with van der Waals surface area (Å²) in [7, 11) is 0. The van der Waals surface area contributed by atoms with Crippen molar-refractivity contribution < 1.29 is 49.3 Å². The Bertz CT molecular complexity index is 1630. The van der Waals surface area contributed by atoms with Gasteiger partial charge in [-0.3, -0.25) is 9.59 Å². The molecule has 0 radical (unpaired) electrons. The first kappa shape index (κ1) is 69.3. The summed E-state index contributed by atoms with van der Waals surface area (Å²) in [4.78, 5) is 26.5. The smallest absolute Gasteiger partial charge is 0.306 e. The average Bonchev–Trinajstić information content (AvgIpc) is 3.41. The van der Waals surface area contributed by atoms with Crippen molar-refractivity contribution in [1.29, 1.82) is 0 Å². The van der Waals surface area contributed by atoms with Crippen LogP contribution >= 0.6 is 0 Å². The summed E-state index contributed by atoms with van der Waals surface area (Å²) in [6.07, 6.45) is 58.5. The second kappa shape index (κ2) is 51.1. The van der Waals surface area contributed by atoms with Crippen LogP contribution in [0.3, 0.4) is 0 Å². The lowest BCUT2D eigenvalue weighted by Crippen LogP contribution is -2.61. The number of amides is 1. The van der Waals surface area contributed by atoms with Crippen molar-refractivity contribution in [3.63, 3.8) is 0 Å². The van der Waals surface area contributed by atoms with Crippen molar-refractivity contribution in [3.05, 3.63) is 109 Å². The summed E-state index contributed by atoms with van der Waals surface area (Å²) in [5.41, 5.74) is 0. The number of carbonyl (C=O) groups is 2. The summed E-state index contributed by atoms with van der Waals surface area (Å²) >= 11 is 0. The number of carbonyl (C=O) groups excluding carboxylic acids is 2. The summed E-state index contributed by atoms with van der Waals surface area (Å²) in [6, 6.07) is -1.05. The lowest BCUT2D eigenvalue weighted by atomic mass is 9.99. The lowest BCUT2D eigenvalue weighted by molar-refractivity contribution is -0.305. The maximum atomic E-state index is 13.4. The van der Waals surface area contributed by atoms with Crippen molar-refractivity contribution >= 4 is 11.9 Å². The normalized spacial score (nSPS) is 20.0. The molecular formula is C64H107NO10. The zero-order valence-electron chi connectivity index (χ0n) is 47.1. The van der Waals surface area contributed by atoms with Gasteiger partial charge in [-0.15, -0.1) is 0 Å². The third-order valence-electron chi connectivity index (χ3n) is 13.2. The maximum absolute atomic E-state index is 13.4. The molecule has 0 aromatic carbocycles. The topological polar surface area (TPSA) is 175 Å². The molecule has 428 valence electrons. The van der Waals surface area contributed by atoms with E-state index in [0.717, 1.165) is 96.3 Å². The molecule has 0 aliphatic carbocycles. The number of nitrogens with one attached hydrogen (secondary N) is 1. The molecule has 0 spiro atoms. The van der Waals surface area contributed by atoms with Gasteiger partial charge in [-0.25, -0.2) is 0 Å². The first-order valence-corrected chi connectivity index (χ1v) is 29.7. The summed E-state index contributed by atoms with van der Waals surface area (Å²) in [6.45, 7) is 5.58. The summed E-state index contributed by atoms with van der Waals surface area (Å²) in [5.74, 6) is -1.30. The quantitative estimate of drug-likeness (QED) is 0.0149. The van der Waals surface area contributed by atoms with Crippen LogP contribution in [0.4, 0.5) is 0 Å². The number of allylic oxidation sites excluding steroid dienone is 17. The maximum Gasteiger partial charge on any atom is 0.306 e. The van der Waals surface area contributed by atoms with Crippen LogP contribution in [0.25, 0.3) is 0 Å². The fourth-order valence-corrected chi connectivity index (χ4v) is 8.49. The van der Waals surface area contributed by atoms with Crippen LogP contribution in [0.15, 0.2) is 109 Å². The second-order valence-electron chi connectivity index (χ2n) is 20.0. The van der Waals surface area contributed by atoms with E-state index in [9.17, 15) is 35.1 Å². The third kappa shape index (κ3) is 39.4. The molecule has 1 aliphatic rings. The molecule has 11 nitrogen and oxygen atoms in total. The van der Waals surface area contributed by atoms with Gasteiger partial charge in [0.2, 0.25) is 5.91 Å². The molecule has 1 saturated heterocycles. The van der Waals surface area contributed by atoms with E-state index in [2.05, 4.69) is 111 Å². The van der Waals surface area contributed by atoms with Gasteiger partial charge in [0.15, 0.2) is 12.4 Å². The van der Waals surface area contributed by atoms with Gasteiger partial charge in [0.05, 0.1) is 25.4 Å². The van der Waals surface area contributed by atoms with E-state index >= 15 is 0 Å². The van der Waals surface area contributed by atoms with Crippen molar-refractivity contribution in [3.8, 4) is 0 Å². The van der Waals surface area contributed by atoms with Gasteiger partial charge in [-0.1, -0.05) is 233 Å². The van der Waals surface area contributed by atoms with Crippen LogP contribution in [0.5, 0.6) is 0 Å². The fourth-order valence-electron chi connectivity index (χ4n) is 8.49. The van der Waals surface area contributed by atoms with Gasteiger partial charge < -0.3 is 45.1 Å². The van der Waals surface area contributed by atoms with E-state index in [4.69, 9.17) is 14.2 Å². The molecule has 8 unspecified atom stereocenters. The van der Waals surface area contributed by atoms with Crippen molar-refractivity contribution in [1.82, 2.24) is 5.32 Å². The van der Waals surface area contributed by atoms with Gasteiger partial charge in [-0.05, 0) is 89.9 Å². The van der Waals surface area contributed by atoms with Gasteiger partial charge in [0.25, 0.3) is 0 Å². The molecule has 1 rings (SSSR count). The van der Waals surface area contributed by atoms with E-state index in [-0.39, 0.29) is 19.4 Å². The highest BCUT2D eigenvalue weighted by atomic mass is 16.7. The SMILES string of the molecule is CC/C=C\C/C=C\C/C=C\C/C=C\C/C=C\C/C=C\CCC(=O)OC1C(OCC(NC(=O)C(O)CCCCCCC/C=C/C=C/CCCCC)C(O)/C=C/CCCCCCCCCCCCC)OC(CO)C(O)C1O. The van der Waals surface area contributed by atoms with Crippen molar-refractivity contribution in [2.45, 2.75) is 269 Å². The van der Waals surface area contributed by atoms with Crippen molar-refractivity contribution in [2.75, 3.05) is 13.2 Å². The number of aliphatic hydroxyl groups excluding tert-OH is 5. The third-order valence-corrected chi connectivity index (χ3v) is 13.2. The Balaban J connectivity index is 2.78. The Kier molecular flexibility index (Phi) is 47.2. The number of hydrogen-bond acceptors (Lipinski definition) is 10. The minimum absolute atomic E-state index is 0.00863. The van der Waals surface area contributed by atoms with E-state index < -0.39 is 67.4 Å². The number of rotatable bonds is 48. The first-order chi connectivity index (χ1) is 36.7. The number of unbranched alkanes of at least 4 members (excludes halogenated alkanes) is 19. The van der Waals surface area contributed by atoms with Gasteiger partial charge in [-0.2, -0.15) is 0 Å². The van der Waals surface area contributed by atoms with E-state index in [0.29, 0.717) is 19.3 Å². The van der Waals surface area contributed by atoms with Crippen LogP contribution < -0.4 is 5.32 Å². The highest BCUT2D eigenvalue weighted by molar-refractivity contribution is 5.80. The number of hydrogen-bond donors (Lipinski definition) is 6. The van der Waals surface area contributed by atoms with Crippen LogP contribution in [0.1, 0.15) is 220 Å². The lowest BCUT2D eigenvalue weighted by Gasteiger charge is -2.41. The molecule has 0 saturated carbocycles. The zero-order chi connectivity index (χ0) is 54.7. The van der Waals surface area contributed by atoms with E-state index in [1.165, 1.54) is 70.6 Å². The monoisotopic (exact) mass is 1050 g/mol. The molecular weight excluding hydrogens is 943 g/mol. The Labute approximate surface area is 456 Å². The van der Waals surface area contributed by atoms with Crippen LogP contribution in [0, 0.1) is 0 Å². The Hall–Kier alpha value is -3.68. The molecule has 0 aromatic heterocycles. The molecule has 1 amide bonds. The molecule has 0 aromatic rings. The summed E-state index contributed by atoms with van der Waals surface area (Å²) in [5, 5.41) is 56.8. The fraction of sp³-hybridized carbons (Fsp3) is 0.688. The molecule has 75 heavy (non-hydrogen) atoms. The Morgan fingerprint density at radius 3 is 1.52 bits per heavy atom. The molecule has 11 heteroatoms. The van der Waals surface area contributed by atoms with Gasteiger partial charge >= 0.3 is 5.97 Å². The molecule has 0 bridgehead atoms. The molecule has 6 N–H and O–H groups in total. The number of esters is 1. The minimum Gasteiger partial charge on any atom is -0.454 e. The standard InChI is InChI=1S/C64H107NO10/c1-4-7-10-13-16-19-22-25-27-28-29-30-31-34-37-40-43-46-49-52-59(69)75-62-61(71)60(70)58(53-66)74-64(62)73-54-55(56(67)50-47-44-41-38-35-32-24-21-18-15-12-9-6-3)65-63(72)57(68)51-48-45-42-39-36-33-26-23-20-17-14-11-8-5-2/h7,10,16-17,19-20,23,25-27,29-30,34,37,43,46-47,50,55-58,60-62,64,66-68,70-71H,4-6,8-9,11-15,18,21-22,24,28,31-33,35-36,38-42,44-45,48-49,51-54H2,1-3H3,(H,65,72)/b10-7-,19-16-,20-17+,26-23+,27-25-,30-29-,37-34-,46-43-,50-47+. The molecule has 1 fully saturated rings. The van der Waals surface area contributed by atoms with Crippen LogP contribution in [0.2, 0.25) is 0 Å². The van der Waals surface area contributed by atoms with E-state index in [1.54, 1.807) is 6.08 Å². The molecule has 1 aliphatic heterocycles. The van der Waals surface area contributed by atoms with Crippen LogP contribution in [-0.4, -0.2) is 99.6 Å². The minimum atomic E-state index is -1.65. The second-order valence-corrected chi connectivity index (χ2v) is 20.0. The predicted molar refractivity (Wildman–Crippen MR) is 310 cm³/mol.